The number of nitrogens with zero attached hydrogens (tertiary/aromatic N) is 1. The molecule has 2 heterocycles. The fourth-order valence-corrected chi connectivity index (χ4v) is 3.39. The molecular formula is C18H23ClN2O3. The zero-order valence-electron chi connectivity index (χ0n) is 13.9. The van der Waals surface area contributed by atoms with Crippen LogP contribution in [0.15, 0.2) is 18.2 Å². The Balaban J connectivity index is 1.51. The Morgan fingerprint density at radius 1 is 1.38 bits per heavy atom. The average molecular weight is 351 g/mol. The third-order valence-electron chi connectivity index (χ3n) is 4.81. The van der Waals surface area contributed by atoms with Gasteiger partial charge < -0.3 is 15.0 Å². The lowest BCUT2D eigenvalue weighted by Gasteiger charge is -2.41. The molecule has 5 nitrogen and oxygen atoms in total. The smallest absolute Gasteiger partial charge is 0.254 e. The van der Waals surface area contributed by atoms with Crippen molar-refractivity contribution in [3.63, 3.8) is 0 Å². The van der Waals surface area contributed by atoms with E-state index in [-0.39, 0.29) is 24.0 Å². The number of benzene rings is 1. The molecule has 2 unspecified atom stereocenters. The molecule has 2 fully saturated rings. The highest BCUT2D eigenvalue weighted by Crippen LogP contribution is 2.24. The van der Waals surface area contributed by atoms with Gasteiger partial charge in [-0.25, -0.2) is 0 Å². The van der Waals surface area contributed by atoms with Gasteiger partial charge in [0, 0.05) is 30.3 Å². The molecule has 130 valence electrons. The van der Waals surface area contributed by atoms with Crippen LogP contribution in [0.2, 0.25) is 5.02 Å². The van der Waals surface area contributed by atoms with Crippen molar-refractivity contribution < 1.29 is 14.3 Å². The van der Waals surface area contributed by atoms with Crippen LogP contribution in [-0.4, -0.2) is 48.6 Å². The second-order valence-corrected chi connectivity index (χ2v) is 6.98. The van der Waals surface area contributed by atoms with Gasteiger partial charge in [-0.2, -0.15) is 0 Å². The van der Waals surface area contributed by atoms with Gasteiger partial charge in [-0.05, 0) is 43.9 Å². The lowest BCUT2D eigenvalue weighted by molar-refractivity contribution is -0.123. The first-order valence-electron chi connectivity index (χ1n) is 8.50. The first-order valence-corrected chi connectivity index (χ1v) is 8.88. The van der Waals surface area contributed by atoms with Crippen LogP contribution >= 0.6 is 11.6 Å². The standard InChI is InChI=1S/C18H23ClN2O3/c1-12-4-5-13(19)9-16(12)18(23)21-7-6-14(21)11-20-17(22)10-15-3-2-8-24-15/h4-5,9,14-15H,2-3,6-8,10-11H2,1H3,(H,20,22). The van der Waals surface area contributed by atoms with Gasteiger partial charge in [0.15, 0.2) is 0 Å². The molecule has 2 amide bonds. The second kappa shape index (κ2) is 7.53. The van der Waals surface area contributed by atoms with Crippen molar-refractivity contribution in [1.82, 2.24) is 10.2 Å². The third kappa shape index (κ3) is 3.90. The van der Waals surface area contributed by atoms with Crippen LogP contribution in [0.25, 0.3) is 0 Å². The Labute approximate surface area is 147 Å². The highest BCUT2D eigenvalue weighted by Gasteiger charge is 2.33. The summed E-state index contributed by atoms with van der Waals surface area (Å²) in [5.41, 5.74) is 1.55. The summed E-state index contributed by atoms with van der Waals surface area (Å²) in [6.07, 6.45) is 3.36. The van der Waals surface area contributed by atoms with E-state index in [0.29, 0.717) is 23.6 Å². The highest BCUT2D eigenvalue weighted by atomic mass is 35.5. The number of hydrogen-bond acceptors (Lipinski definition) is 3. The van der Waals surface area contributed by atoms with Gasteiger partial charge in [0.05, 0.1) is 18.6 Å². The SMILES string of the molecule is Cc1ccc(Cl)cc1C(=O)N1CCC1CNC(=O)CC1CCCO1. The topological polar surface area (TPSA) is 58.6 Å². The van der Waals surface area contributed by atoms with E-state index in [9.17, 15) is 9.59 Å². The summed E-state index contributed by atoms with van der Waals surface area (Å²) in [5.74, 6) is -0.0141. The zero-order valence-corrected chi connectivity index (χ0v) is 14.6. The first-order chi connectivity index (χ1) is 11.5. The fourth-order valence-electron chi connectivity index (χ4n) is 3.22. The molecule has 2 aliphatic heterocycles. The van der Waals surface area contributed by atoms with E-state index < -0.39 is 0 Å². The summed E-state index contributed by atoms with van der Waals surface area (Å²) in [6, 6.07) is 5.41. The van der Waals surface area contributed by atoms with E-state index >= 15 is 0 Å². The van der Waals surface area contributed by atoms with E-state index in [1.165, 1.54) is 0 Å². The number of amides is 2. The van der Waals surface area contributed by atoms with E-state index in [1.807, 2.05) is 17.9 Å². The van der Waals surface area contributed by atoms with Crippen LogP contribution in [0.4, 0.5) is 0 Å². The number of rotatable bonds is 5. The van der Waals surface area contributed by atoms with Crippen molar-refractivity contribution in [2.45, 2.75) is 44.8 Å². The lowest BCUT2D eigenvalue weighted by Crippen LogP contribution is -2.56. The summed E-state index contributed by atoms with van der Waals surface area (Å²) in [7, 11) is 0. The van der Waals surface area contributed by atoms with Crippen LogP contribution in [0, 0.1) is 6.92 Å². The number of ether oxygens (including phenoxy) is 1. The molecule has 24 heavy (non-hydrogen) atoms. The van der Waals surface area contributed by atoms with Gasteiger partial charge >= 0.3 is 0 Å². The van der Waals surface area contributed by atoms with Gasteiger partial charge in [0.2, 0.25) is 5.91 Å². The molecule has 2 saturated heterocycles. The minimum absolute atomic E-state index is 0.000125. The molecule has 2 atom stereocenters. The normalized spacial score (nSPS) is 23.0. The van der Waals surface area contributed by atoms with Gasteiger partial charge in [-0.15, -0.1) is 0 Å². The van der Waals surface area contributed by atoms with E-state index in [1.54, 1.807) is 12.1 Å². The minimum Gasteiger partial charge on any atom is -0.378 e. The Morgan fingerprint density at radius 2 is 2.21 bits per heavy atom. The van der Waals surface area contributed by atoms with E-state index in [4.69, 9.17) is 16.3 Å². The molecule has 0 radical (unpaired) electrons. The Kier molecular flexibility index (Phi) is 5.41. The van der Waals surface area contributed by atoms with Crippen molar-refractivity contribution in [3.8, 4) is 0 Å². The number of hydrogen-bond donors (Lipinski definition) is 1. The maximum absolute atomic E-state index is 12.7. The van der Waals surface area contributed by atoms with Gasteiger partial charge in [-0.1, -0.05) is 17.7 Å². The molecule has 0 bridgehead atoms. The second-order valence-electron chi connectivity index (χ2n) is 6.54. The molecule has 3 rings (SSSR count). The van der Waals surface area contributed by atoms with Crippen molar-refractivity contribution in [2.24, 2.45) is 0 Å². The number of carbonyl (C=O) groups is 2. The predicted molar refractivity (Wildman–Crippen MR) is 92.2 cm³/mol. The molecule has 0 spiro atoms. The molecule has 1 aromatic carbocycles. The molecule has 0 aliphatic carbocycles. The quantitative estimate of drug-likeness (QED) is 0.887. The van der Waals surface area contributed by atoms with E-state index in [0.717, 1.165) is 38.0 Å². The fraction of sp³-hybridized carbons (Fsp3) is 0.556. The summed E-state index contributed by atoms with van der Waals surface area (Å²) in [6.45, 7) is 3.87. The van der Waals surface area contributed by atoms with Gasteiger partial charge in [0.25, 0.3) is 5.91 Å². The van der Waals surface area contributed by atoms with Crippen molar-refractivity contribution >= 4 is 23.4 Å². The molecule has 1 aromatic rings. The molecule has 1 N–H and O–H groups in total. The minimum atomic E-state index is -0.0142. The molecule has 2 aliphatic rings. The van der Waals surface area contributed by atoms with Crippen LogP contribution in [0.5, 0.6) is 0 Å². The van der Waals surface area contributed by atoms with Crippen LogP contribution in [-0.2, 0) is 9.53 Å². The number of likely N-dealkylation sites (tertiary alicyclic amines) is 1. The van der Waals surface area contributed by atoms with Crippen LogP contribution in [0.1, 0.15) is 41.6 Å². The van der Waals surface area contributed by atoms with Gasteiger partial charge in [-0.3, -0.25) is 9.59 Å². The number of nitrogens with one attached hydrogen (secondary N) is 1. The third-order valence-corrected chi connectivity index (χ3v) is 5.04. The maximum atomic E-state index is 12.7. The zero-order chi connectivity index (χ0) is 17.1. The highest BCUT2D eigenvalue weighted by molar-refractivity contribution is 6.31. The Bertz CT molecular complexity index is 629. The molecule has 6 heteroatoms. The Hall–Kier alpha value is -1.59. The number of halogens is 1. The number of aryl methyl sites for hydroxylation is 1. The summed E-state index contributed by atoms with van der Waals surface area (Å²) in [4.78, 5) is 26.5. The molecule has 0 saturated carbocycles. The first kappa shape index (κ1) is 17.2. The molecular weight excluding hydrogens is 328 g/mol. The van der Waals surface area contributed by atoms with E-state index in [2.05, 4.69) is 5.32 Å². The largest absolute Gasteiger partial charge is 0.378 e. The monoisotopic (exact) mass is 350 g/mol. The Morgan fingerprint density at radius 3 is 2.88 bits per heavy atom. The predicted octanol–water partition coefficient (Wildman–Crippen LogP) is 2.55. The molecule has 0 aromatic heterocycles. The maximum Gasteiger partial charge on any atom is 0.254 e. The summed E-state index contributed by atoms with van der Waals surface area (Å²) < 4.78 is 5.47. The van der Waals surface area contributed by atoms with Crippen LogP contribution in [0.3, 0.4) is 0 Å². The lowest BCUT2D eigenvalue weighted by atomic mass is 9.99. The van der Waals surface area contributed by atoms with Crippen LogP contribution < -0.4 is 5.32 Å². The van der Waals surface area contributed by atoms with Crippen molar-refractivity contribution in [3.05, 3.63) is 34.3 Å². The average Bonchev–Trinajstić information content (AvgIpc) is 3.01. The van der Waals surface area contributed by atoms with Gasteiger partial charge in [0.1, 0.15) is 0 Å². The summed E-state index contributed by atoms with van der Waals surface area (Å²) >= 11 is 6.01. The van der Waals surface area contributed by atoms with Crippen molar-refractivity contribution in [2.75, 3.05) is 19.7 Å². The number of carbonyl (C=O) groups excluding carboxylic acids is 2. The van der Waals surface area contributed by atoms with Crippen molar-refractivity contribution in [1.29, 1.82) is 0 Å². The summed E-state index contributed by atoms with van der Waals surface area (Å²) in [5, 5.41) is 3.50.